The first-order valence-electron chi connectivity index (χ1n) is 6.21. The summed E-state index contributed by atoms with van der Waals surface area (Å²) in [5.41, 5.74) is 0.972. The Morgan fingerprint density at radius 3 is 2.15 bits per heavy atom. The lowest BCUT2D eigenvalue weighted by molar-refractivity contribution is 0.431. The average Bonchev–Trinajstić information content (AvgIpc) is 2.39. The monoisotopic (exact) mass is 337 g/mol. The van der Waals surface area contributed by atoms with Gasteiger partial charge in [0, 0.05) is 19.0 Å². The van der Waals surface area contributed by atoms with Gasteiger partial charge < -0.3 is 0 Å². The lowest BCUT2D eigenvalue weighted by atomic mass is 10.2. The summed E-state index contributed by atoms with van der Waals surface area (Å²) in [7, 11) is -6.70. The molecule has 1 fully saturated rings. The van der Waals surface area contributed by atoms with Gasteiger partial charge >= 0.3 is 0 Å². The highest BCUT2D eigenvalue weighted by atomic mass is 35.5. The second-order valence-electron chi connectivity index (χ2n) is 4.64. The van der Waals surface area contributed by atoms with Crippen LogP contribution in [0.2, 0.25) is 0 Å². The van der Waals surface area contributed by atoms with Crippen molar-refractivity contribution in [1.82, 2.24) is 4.31 Å². The normalized spacial score (nSPS) is 19.9. The minimum Gasteiger partial charge on any atom is -0.229 e. The number of rotatable bonds is 4. The fraction of sp³-hybridized carbons (Fsp3) is 0.500. The van der Waals surface area contributed by atoms with Gasteiger partial charge in [0.1, 0.15) is 0 Å². The highest BCUT2D eigenvalue weighted by molar-refractivity contribution is 7.92. The van der Waals surface area contributed by atoms with Gasteiger partial charge in [-0.15, -0.1) is 11.6 Å². The van der Waals surface area contributed by atoms with Gasteiger partial charge in [0.15, 0.2) is 9.84 Å². The second-order valence-corrected chi connectivity index (χ2v) is 9.26. The number of sulfonamides is 1. The van der Waals surface area contributed by atoms with Crippen LogP contribution >= 0.6 is 11.6 Å². The molecule has 0 saturated carbocycles. The Hall–Kier alpha value is -0.630. The van der Waals surface area contributed by atoms with Crippen LogP contribution in [0.3, 0.4) is 0 Å². The molecular weight excluding hydrogens is 322 g/mol. The minimum absolute atomic E-state index is 0.0219. The van der Waals surface area contributed by atoms with Crippen molar-refractivity contribution >= 4 is 31.5 Å². The van der Waals surface area contributed by atoms with Gasteiger partial charge in [0.2, 0.25) is 10.0 Å². The van der Waals surface area contributed by atoms with Gasteiger partial charge in [-0.05, 0) is 24.1 Å². The van der Waals surface area contributed by atoms with Crippen LogP contribution in [0, 0.1) is 0 Å². The van der Waals surface area contributed by atoms with E-state index in [0.29, 0.717) is 12.3 Å². The zero-order valence-corrected chi connectivity index (χ0v) is 13.2. The minimum atomic E-state index is -3.61. The van der Waals surface area contributed by atoms with Crippen LogP contribution in [-0.2, 0) is 26.3 Å². The number of aryl methyl sites for hydroxylation is 1. The average molecular weight is 338 g/mol. The summed E-state index contributed by atoms with van der Waals surface area (Å²) in [6.07, 6.45) is 0.684. The fourth-order valence-electron chi connectivity index (χ4n) is 2.02. The third-order valence-corrected chi connectivity index (χ3v) is 6.96. The number of nitrogens with zero attached hydrogens (tertiary/aromatic N) is 1. The molecule has 0 aromatic heterocycles. The van der Waals surface area contributed by atoms with Crippen LogP contribution in [-0.4, -0.2) is 51.6 Å². The van der Waals surface area contributed by atoms with Gasteiger partial charge in [-0.2, -0.15) is 4.31 Å². The Balaban J connectivity index is 2.18. The molecule has 0 unspecified atom stereocenters. The van der Waals surface area contributed by atoms with Gasteiger partial charge in [-0.25, -0.2) is 16.8 Å². The molecule has 0 aliphatic carbocycles. The first-order chi connectivity index (χ1) is 9.35. The third-order valence-electron chi connectivity index (χ3n) is 3.25. The number of hydrogen-bond donors (Lipinski definition) is 0. The maximum atomic E-state index is 12.4. The molecule has 1 heterocycles. The van der Waals surface area contributed by atoms with E-state index >= 15 is 0 Å². The van der Waals surface area contributed by atoms with E-state index in [-0.39, 0.29) is 29.5 Å². The number of benzene rings is 1. The molecule has 0 amide bonds. The molecule has 1 aliphatic rings. The first-order valence-corrected chi connectivity index (χ1v) is 10.0. The zero-order valence-electron chi connectivity index (χ0n) is 10.8. The summed E-state index contributed by atoms with van der Waals surface area (Å²) >= 11 is 5.63. The van der Waals surface area contributed by atoms with Crippen LogP contribution in [0.1, 0.15) is 5.56 Å². The predicted molar refractivity (Wildman–Crippen MR) is 78.3 cm³/mol. The summed E-state index contributed by atoms with van der Waals surface area (Å²) < 4.78 is 48.7. The third kappa shape index (κ3) is 3.52. The van der Waals surface area contributed by atoms with Crippen molar-refractivity contribution in [3.05, 3.63) is 29.8 Å². The molecule has 112 valence electrons. The van der Waals surface area contributed by atoms with Crippen molar-refractivity contribution in [3.63, 3.8) is 0 Å². The maximum Gasteiger partial charge on any atom is 0.243 e. The van der Waals surface area contributed by atoms with Crippen molar-refractivity contribution in [1.29, 1.82) is 0 Å². The number of alkyl halides is 1. The molecule has 0 N–H and O–H groups in total. The summed E-state index contributed by atoms with van der Waals surface area (Å²) in [6.45, 7) is 0.0438. The van der Waals surface area contributed by atoms with E-state index in [1.54, 1.807) is 24.3 Å². The summed E-state index contributed by atoms with van der Waals surface area (Å²) in [5.74, 6) is 0.253. The highest BCUT2D eigenvalue weighted by Gasteiger charge is 2.30. The Kier molecular flexibility index (Phi) is 4.73. The Labute approximate surface area is 124 Å². The Bertz CT molecular complexity index is 654. The van der Waals surface area contributed by atoms with E-state index < -0.39 is 19.9 Å². The van der Waals surface area contributed by atoms with E-state index in [1.165, 1.54) is 4.31 Å². The molecule has 0 radical (unpaired) electrons. The van der Waals surface area contributed by atoms with Crippen LogP contribution < -0.4 is 0 Å². The van der Waals surface area contributed by atoms with Gasteiger partial charge in [0.25, 0.3) is 0 Å². The quantitative estimate of drug-likeness (QED) is 0.765. The Morgan fingerprint density at radius 2 is 1.65 bits per heavy atom. The number of hydrogen-bond acceptors (Lipinski definition) is 4. The largest absolute Gasteiger partial charge is 0.243 e. The van der Waals surface area contributed by atoms with Gasteiger partial charge in [0.05, 0.1) is 16.4 Å². The van der Waals surface area contributed by atoms with E-state index in [1.807, 2.05) is 0 Å². The van der Waals surface area contributed by atoms with Crippen molar-refractivity contribution in [2.24, 2.45) is 0 Å². The molecule has 1 aromatic rings. The van der Waals surface area contributed by atoms with E-state index in [0.717, 1.165) is 5.56 Å². The van der Waals surface area contributed by atoms with Crippen molar-refractivity contribution in [2.75, 3.05) is 30.5 Å². The van der Waals surface area contributed by atoms with Crippen molar-refractivity contribution in [2.45, 2.75) is 11.3 Å². The molecule has 5 nitrogen and oxygen atoms in total. The second kappa shape index (κ2) is 6.01. The molecule has 0 atom stereocenters. The van der Waals surface area contributed by atoms with Gasteiger partial charge in [-0.3, -0.25) is 0 Å². The van der Waals surface area contributed by atoms with Crippen LogP contribution in [0.5, 0.6) is 0 Å². The maximum absolute atomic E-state index is 12.4. The molecule has 1 saturated heterocycles. The summed E-state index contributed by atoms with van der Waals surface area (Å²) in [6, 6.07) is 6.55. The number of sulfone groups is 1. The summed E-state index contributed by atoms with van der Waals surface area (Å²) in [5, 5.41) is 0. The molecular formula is C12H16ClNO4S2. The summed E-state index contributed by atoms with van der Waals surface area (Å²) in [4.78, 5) is 0.190. The van der Waals surface area contributed by atoms with Crippen LogP contribution in [0.4, 0.5) is 0 Å². The van der Waals surface area contributed by atoms with E-state index in [9.17, 15) is 16.8 Å². The lowest BCUT2D eigenvalue weighted by Gasteiger charge is -2.26. The van der Waals surface area contributed by atoms with Gasteiger partial charge in [-0.1, -0.05) is 12.1 Å². The molecule has 8 heteroatoms. The molecule has 20 heavy (non-hydrogen) atoms. The van der Waals surface area contributed by atoms with E-state index in [4.69, 9.17) is 11.6 Å². The SMILES string of the molecule is O=S1(=O)CCN(S(=O)(=O)c2ccc(CCCl)cc2)CC1. The van der Waals surface area contributed by atoms with E-state index in [2.05, 4.69) is 0 Å². The molecule has 0 spiro atoms. The van der Waals surface area contributed by atoms with Crippen molar-refractivity contribution < 1.29 is 16.8 Å². The molecule has 1 aromatic carbocycles. The molecule has 2 rings (SSSR count). The lowest BCUT2D eigenvalue weighted by Crippen LogP contribution is -2.43. The molecule has 0 bridgehead atoms. The predicted octanol–water partition coefficient (Wildman–Crippen LogP) is 0.887. The topological polar surface area (TPSA) is 71.5 Å². The standard InChI is InChI=1S/C12H16ClNO4S2/c13-6-5-11-1-3-12(4-2-11)20(17,18)14-7-9-19(15,16)10-8-14/h1-4H,5-10H2. The fourth-order valence-corrected chi connectivity index (χ4v) is 5.11. The van der Waals surface area contributed by atoms with Crippen LogP contribution in [0.15, 0.2) is 29.2 Å². The molecule has 1 aliphatic heterocycles. The van der Waals surface area contributed by atoms with Crippen molar-refractivity contribution in [3.8, 4) is 0 Å². The smallest absolute Gasteiger partial charge is 0.229 e. The number of halogens is 1. The Morgan fingerprint density at radius 1 is 1.10 bits per heavy atom. The highest BCUT2D eigenvalue weighted by Crippen LogP contribution is 2.19. The zero-order chi connectivity index (χ0) is 14.8. The van der Waals surface area contributed by atoms with Crippen LogP contribution in [0.25, 0.3) is 0 Å². The first kappa shape index (κ1) is 15.8.